The third-order valence-corrected chi connectivity index (χ3v) is 3.33. The average Bonchev–Trinajstić information content (AvgIpc) is 2.56. The van der Waals surface area contributed by atoms with Crippen LogP contribution in [0.5, 0.6) is 0 Å². The fourth-order valence-corrected chi connectivity index (χ4v) is 2.09. The van der Waals surface area contributed by atoms with E-state index < -0.39 is 42.1 Å². The number of esters is 1. The molecule has 0 heterocycles. The van der Waals surface area contributed by atoms with E-state index in [0.717, 1.165) is 0 Å². The largest absolute Gasteiger partial charge is 0.454 e. The van der Waals surface area contributed by atoms with Crippen molar-refractivity contribution < 1.29 is 23.9 Å². The minimum absolute atomic E-state index is 0.277. The summed E-state index contributed by atoms with van der Waals surface area (Å²) in [5, 5.41) is 9.75. The zero-order chi connectivity index (χ0) is 21.3. The van der Waals surface area contributed by atoms with E-state index in [1.165, 1.54) is 0 Å². The van der Waals surface area contributed by atoms with E-state index in [-0.39, 0.29) is 5.92 Å². The summed E-state index contributed by atoms with van der Waals surface area (Å²) in [6.07, 6.45) is 0. The number of hydrogen-bond donors (Lipinski definition) is 4. The van der Waals surface area contributed by atoms with Crippen molar-refractivity contribution in [2.45, 2.75) is 46.2 Å². The Morgan fingerprint density at radius 1 is 1.00 bits per heavy atom. The van der Waals surface area contributed by atoms with Crippen molar-refractivity contribution in [3.05, 3.63) is 30.3 Å². The Hall–Kier alpha value is -3.10. The first kappa shape index (κ1) is 22.9. The molecular formula is C19H28N4O5. The fourth-order valence-electron chi connectivity index (χ4n) is 2.09. The van der Waals surface area contributed by atoms with Crippen molar-refractivity contribution in [1.82, 2.24) is 16.0 Å². The maximum Gasteiger partial charge on any atom is 0.329 e. The van der Waals surface area contributed by atoms with E-state index in [1.807, 2.05) is 6.07 Å². The van der Waals surface area contributed by atoms with Crippen molar-refractivity contribution in [3.8, 4) is 0 Å². The van der Waals surface area contributed by atoms with E-state index in [4.69, 9.17) is 4.74 Å². The van der Waals surface area contributed by atoms with Gasteiger partial charge in [-0.15, -0.1) is 0 Å². The Kier molecular flexibility index (Phi) is 8.43. The van der Waals surface area contributed by atoms with Gasteiger partial charge in [0.2, 0.25) is 0 Å². The molecule has 5 amide bonds. The monoisotopic (exact) mass is 392 g/mol. The molecule has 0 aliphatic rings. The van der Waals surface area contributed by atoms with Crippen LogP contribution in [0.3, 0.4) is 0 Å². The van der Waals surface area contributed by atoms with Crippen LogP contribution in [0.25, 0.3) is 0 Å². The maximum atomic E-state index is 12.2. The number of nitrogens with one attached hydrogen (secondary N) is 4. The van der Waals surface area contributed by atoms with Gasteiger partial charge < -0.3 is 20.7 Å². The summed E-state index contributed by atoms with van der Waals surface area (Å²) in [7, 11) is 0. The van der Waals surface area contributed by atoms with Gasteiger partial charge in [0.1, 0.15) is 6.04 Å². The van der Waals surface area contributed by atoms with Crippen LogP contribution in [-0.2, 0) is 14.3 Å². The standard InChI is InChI=1S/C19H28N4O5/c1-12(2)15(22-17(26)20-13-9-7-6-8-10-13)16(25)28-11-14(24)21-18(27)23-19(3,4)5/h6-10,12,15H,11H2,1-5H3,(H2,20,22,26)(H2,21,23,24,27)/t15-/m1/s1. The number of carbonyl (C=O) groups is 4. The van der Waals surface area contributed by atoms with Crippen LogP contribution < -0.4 is 21.3 Å². The van der Waals surface area contributed by atoms with Crippen molar-refractivity contribution in [2.24, 2.45) is 5.92 Å². The second kappa shape index (κ2) is 10.3. The second-order valence-electron chi connectivity index (χ2n) is 7.55. The van der Waals surface area contributed by atoms with Gasteiger partial charge in [-0.2, -0.15) is 0 Å². The maximum absolute atomic E-state index is 12.2. The smallest absolute Gasteiger partial charge is 0.329 e. The summed E-state index contributed by atoms with van der Waals surface area (Å²) in [4.78, 5) is 47.7. The highest BCUT2D eigenvalue weighted by atomic mass is 16.5. The number of hydrogen-bond acceptors (Lipinski definition) is 5. The molecule has 0 aromatic heterocycles. The van der Waals surface area contributed by atoms with Crippen LogP contribution in [0.4, 0.5) is 15.3 Å². The summed E-state index contributed by atoms with van der Waals surface area (Å²) >= 11 is 0. The molecule has 0 saturated carbocycles. The second-order valence-corrected chi connectivity index (χ2v) is 7.55. The van der Waals surface area contributed by atoms with Crippen molar-refractivity contribution in [3.63, 3.8) is 0 Å². The lowest BCUT2D eigenvalue weighted by Gasteiger charge is -2.22. The molecule has 28 heavy (non-hydrogen) atoms. The van der Waals surface area contributed by atoms with Gasteiger partial charge in [0, 0.05) is 11.2 Å². The molecule has 0 radical (unpaired) electrons. The Balaban J connectivity index is 2.52. The van der Waals surface area contributed by atoms with Gasteiger partial charge in [-0.3, -0.25) is 10.1 Å². The zero-order valence-electron chi connectivity index (χ0n) is 16.8. The minimum Gasteiger partial charge on any atom is -0.454 e. The van der Waals surface area contributed by atoms with Gasteiger partial charge in [-0.25, -0.2) is 14.4 Å². The summed E-state index contributed by atoms with van der Waals surface area (Å²) < 4.78 is 4.94. The molecule has 4 N–H and O–H groups in total. The Morgan fingerprint density at radius 2 is 1.61 bits per heavy atom. The van der Waals surface area contributed by atoms with E-state index in [2.05, 4.69) is 21.3 Å². The molecule has 0 bridgehead atoms. The summed E-state index contributed by atoms with van der Waals surface area (Å²) in [6, 6.07) is 6.52. The molecule has 1 aromatic carbocycles. The van der Waals surface area contributed by atoms with Crippen LogP contribution >= 0.6 is 0 Å². The quantitative estimate of drug-likeness (QED) is 0.551. The van der Waals surface area contributed by atoms with Gasteiger partial charge in [0.05, 0.1) is 0 Å². The third kappa shape index (κ3) is 9.02. The van der Waals surface area contributed by atoms with Crippen molar-refractivity contribution in [1.29, 1.82) is 0 Å². The Labute approximate surface area is 164 Å². The Bertz CT molecular complexity index is 698. The summed E-state index contributed by atoms with van der Waals surface area (Å²) in [5.41, 5.74) is 0.0555. The third-order valence-electron chi connectivity index (χ3n) is 3.33. The van der Waals surface area contributed by atoms with Crippen molar-refractivity contribution >= 4 is 29.6 Å². The van der Waals surface area contributed by atoms with Gasteiger partial charge in [0.25, 0.3) is 5.91 Å². The summed E-state index contributed by atoms with van der Waals surface area (Å²) in [5.74, 6) is -1.82. The van der Waals surface area contributed by atoms with Crippen LogP contribution in [0.1, 0.15) is 34.6 Å². The van der Waals surface area contributed by atoms with Crippen LogP contribution in [0.15, 0.2) is 30.3 Å². The normalized spacial score (nSPS) is 11.9. The zero-order valence-corrected chi connectivity index (χ0v) is 16.8. The SMILES string of the molecule is CC(C)[C@@H](NC(=O)Nc1ccccc1)C(=O)OCC(=O)NC(=O)NC(C)(C)C. The first-order valence-electron chi connectivity index (χ1n) is 8.89. The molecule has 9 heteroatoms. The first-order valence-corrected chi connectivity index (χ1v) is 8.89. The number of anilines is 1. The minimum atomic E-state index is -0.958. The molecule has 1 atom stereocenters. The highest BCUT2D eigenvalue weighted by Crippen LogP contribution is 2.07. The Morgan fingerprint density at radius 3 is 2.14 bits per heavy atom. The van der Waals surface area contributed by atoms with Crippen LogP contribution in [-0.4, -0.2) is 42.1 Å². The number of ether oxygens (including phenoxy) is 1. The predicted octanol–water partition coefficient (Wildman–Crippen LogP) is 2.00. The fraction of sp³-hybridized carbons (Fsp3) is 0.474. The van der Waals surface area contributed by atoms with Crippen molar-refractivity contribution in [2.75, 3.05) is 11.9 Å². The molecule has 0 fully saturated rings. The molecule has 9 nitrogen and oxygen atoms in total. The number of carbonyl (C=O) groups excluding carboxylic acids is 4. The number of amides is 5. The van der Waals surface area contributed by atoms with Gasteiger partial charge in [0.15, 0.2) is 6.61 Å². The van der Waals surface area contributed by atoms with Gasteiger partial charge in [-0.05, 0) is 38.8 Å². The average molecular weight is 392 g/mol. The number of benzene rings is 1. The number of urea groups is 2. The van der Waals surface area contributed by atoms with E-state index >= 15 is 0 Å². The van der Waals surface area contributed by atoms with Gasteiger partial charge in [-0.1, -0.05) is 32.0 Å². The molecule has 0 aliphatic carbocycles. The molecule has 1 rings (SSSR count). The summed E-state index contributed by atoms with van der Waals surface area (Å²) in [6.45, 7) is 8.10. The number of rotatable bonds is 6. The molecule has 0 saturated heterocycles. The highest BCUT2D eigenvalue weighted by molar-refractivity contribution is 5.96. The number of imide groups is 1. The molecule has 0 aliphatic heterocycles. The van der Waals surface area contributed by atoms with E-state index in [9.17, 15) is 19.2 Å². The topological polar surface area (TPSA) is 126 Å². The molecule has 0 unspecified atom stereocenters. The van der Waals surface area contributed by atoms with Gasteiger partial charge >= 0.3 is 18.0 Å². The molecule has 154 valence electrons. The lowest BCUT2D eigenvalue weighted by Crippen LogP contribution is -2.50. The lowest BCUT2D eigenvalue weighted by molar-refractivity contribution is -0.151. The predicted molar refractivity (Wildman–Crippen MR) is 105 cm³/mol. The van der Waals surface area contributed by atoms with E-state index in [1.54, 1.807) is 58.9 Å². The molecular weight excluding hydrogens is 364 g/mol. The molecule has 1 aromatic rings. The number of para-hydroxylation sites is 1. The highest BCUT2D eigenvalue weighted by Gasteiger charge is 2.26. The van der Waals surface area contributed by atoms with Crippen LogP contribution in [0.2, 0.25) is 0 Å². The van der Waals surface area contributed by atoms with E-state index in [0.29, 0.717) is 5.69 Å². The first-order chi connectivity index (χ1) is 13.0. The lowest BCUT2D eigenvalue weighted by atomic mass is 10.1. The van der Waals surface area contributed by atoms with Crippen LogP contribution in [0, 0.1) is 5.92 Å². The molecule has 0 spiro atoms.